The highest BCUT2D eigenvalue weighted by Gasteiger charge is 2.24. The predicted octanol–water partition coefficient (Wildman–Crippen LogP) is 1.24. The number of carbonyl (C=O) groups excluding carboxylic acids is 2. The van der Waals surface area contributed by atoms with Crippen molar-refractivity contribution in [2.45, 2.75) is 6.92 Å². The van der Waals surface area contributed by atoms with E-state index in [0.717, 1.165) is 25.3 Å². The summed E-state index contributed by atoms with van der Waals surface area (Å²) >= 11 is 0. The molecule has 1 aromatic heterocycles. The number of hydrogen-bond donors (Lipinski definition) is 1. The Morgan fingerprint density at radius 2 is 1.93 bits per heavy atom. The lowest BCUT2D eigenvalue weighted by Gasteiger charge is -2.34. The van der Waals surface area contributed by atoms with Crippen molar-refractivity contribution in [1.82, 2.24) is 20.3 Å². The molecule has 0 unspecified atom stereocenters. The molecule has 2 aromatic rings. The second kappa shape index (κ2) is 8.88. The molecule has 0 saturated carbocycles. The normalized spacial score (nSPS) is 14.8. The summed E-state index contributed by atoms with van der Waals surface area (Å²) < 4.78 is 4.98. The number of nitrogens with one attached hydrogen (secondary N) is 1. The molecule has 0 atom stereocenters. The van der Waals surface area contributed by atoms with Crippen LogP contribution in [0.2, 0.25) is 0 Å². The van der Waals surface area contributed by atoms with E-state index in [0.29, 0.717) is 36.7 Å². The maximum atomic E-state index is 12.4. The minimum absolute atomic E-state index is 0.0704. The zero-order valence-corrected chi connectivity index (χ0v) is 16.6. The second-order valence-corrected chi connectivity index (χ2v) is 7.16. The van der Waals surface area contributed by atoms with Crippen LogP contribution in [-0.4, -0.2) is 80.1 Å². The van der Waals surface area contributed by atoms with E-state index in [1.165, 1.54) is 0 Å². The molecule has 8 nitrogen and oxygen atoms in total. The number of anilines is 1. The van der Waals surface area contributed by atoms with Crippen LogP contribution in [-0.2, 0) is 0 Å². The van der Waals surface area contributed by atoms with Gasteiger partial charge in [-0.1, -0.05) is 11.2 Å². The van der Waals surface area contributed by atoms with Crippen LogP contribution in [0.25, 0.3) is 0 Å². The van der Waals surface area contributed by atoms with Gasteiger partial charge in [-0.25, -0.2) is 0 Å². The van der Waals surface area contributed by atoms with Crippen LogP contribution in [0.3, 0.4) is 0 Å². The van der Waals surface area contributed by atoms with Crippen LogP contribution in [0.4, 0.5) is 5.69 Å². The van der Waals surface area contributed by atoms with E-state index in [4.69, 9.17) is 4.52 Å². The summed E-state index contributed by atoms with van der Waals surface area (Å²) in [6, 6.07) is 9.22. The number of benzene rings is 1. The number of aromatic nitrogens is 1. The second-order valence-electron chi connectivity index (χ2n) is 7.16. The van der Waals surface area contributed by atoms with Crippen molar-refractivity contribution in [3.8, 4) is 0 Å². The monoisotopic (exact) mass is 385 g/mol. The Balaban J connectivity index is 1.41. The van der Waals surface area contributed by atoms with Crippen molar-refractivity contribution in [2.75, 3.05) is 58.3 Å². The molecule has 1 fully saturated rings. The fourth-order valence-electron chi connectivity index (χ4n) is 3.16. The summed E-state index contributed by atoms with van der Waals surface area (Å²) in [5, 5.41) is 6.77. The van der Waals surface area contributed by atoms with E-state index in [2.05, 4.69) is 15.4 Å². The molecule has 8 heteroatoms. The van der Waals surface area contributed by atoms with Crippen LogP contribution >= 0.6 is 0 Å². The molecule has 1 aliphatic rings. The third kappa shape index (κ3) is 4.89. The molecule has 1 aliphatic heterocycles. The Morgan fingerprint density at radius 3 is 2.57 bits per heavy atom. The van der Waals surface area contributed by atoms with Crippen molar-refractivity contribution in [3.63, 3.8) is 0 Å². The van der Waals surface area contributed by atoms with Crippen LogP contribution < -0.4 is 10.2 Å². The van der Waals surface area contributed by atoms with Crippen molar-refractivity contribution in [1.29, 1.82) is 0 Å². The molecule has 1 aromatic carbocycles. The van der Waals surface area contributed by atoms with Gasteiger partial charge in [-0.2, -0.15) is 0 Å². The number of piperazine rings is 1. The summed E-state index contributed by atoms with van der Waals surface area (Å²) in [5.74, 6) is 0.471. The van der Waals surface area contributed by atoms with Gasteiger partial charge in [-0.15, -0.1) is 0 Å². The maximum absolute atomic E-state index is 12.4. The van der Waals surface area contributed by atoms with Crippen LogP contribution in [0, 0.1) is 6.92 Å². The number of rotatable bonds is 6. The molecule has 1 N–H and O–H groups in total. The molecular formula is C20H27N5O3. The average Bonchev–Trinajstić information content (AvgIpc) is 3.14. The minimum atomic E-state index is -0.0921. The Morgan fingerprint density at radius 1 is 1.18 bits per heavy atom. The molecule has 3 rings (SSSR count). The molecule has 0 radical (unpaired) electrons. The van der Waals surface area contributed by atoms with Gasteiger partial charge in [0.2, 0.25) is 0 Å². The van der Waals surface area contributed by atoms with E-state index >= 15 is 0 Å². The SMILES string of the molecule is Cc1cc(C(=O)N2CCN(CCNC(=O)c3cccc(N(C)C)c3)CC2)no1. The first-order valence-electron chi connectivity index (χ1n) is 9.44. The van der Waals surface area contributed by atoms with Gasteiger partial charge in [0.15, 0.2) is 5.69 Å². The van der Waals surface area contributed by atoms with E-state index < -0.39 is 0 Å². The van der Waals surface area contributed by atoms with Gasteiger partial charge in [-0.05, 0) is 25.1 Å². The molecule has 2 amide bonds. The lowest BCUT2D eigenvalue weighted by Crippen LogP contribution is -2.50. The van der Waals surface area contributed by atoms with Gasteiger partial charge >= 0.3 is 0 Å². The van der Waals surface area contributed by atoms with E-state index in [1.807, 2.05) is 43.3 Å². The molecule has 28 heavy (non-hydrogen) atoms. The minimum Gasteiger partial charge on any atom is -0.378 e. The summed E-state index contributed by atoms with van der Waals surface area (Å²) in [6.07, 6.45) is 0. The van der Waals surface area contributed by atoms with Gasteiger partial charge in [0.1, 0.15) is 5.76 Å². The number of hydrogen-bond acceptors (Lipinski definition) is 6. The van der Waals surface area contributed by atoms with E-state index in [1.54, 1.807) is 17.9 Å². The topological polar surface area (TPSA) is 81.9 Å². The summed E-state index contributed by atoms with van der Waals surface area (Å²) in [5.41, 5.74) is 2.01. The van der Waals surface area contributed by atoms with Crippen LogP contribution in [0.15, 0.2) is 34.9 Å². The van der Waals surface area contributed by atoms with Crippen molar-refractivity contribution >= 4 is 17.5 Å². The molecule has 150 valence electrons. The Hall–Kier alpha value is -2.87. The molecular weight excluding hydrogens is 358 g/mol. The zero-order chi connectivity index (χ0) is 20.1. The van der Waals surface area contributed by atoms with Crippen LogP contribution in [0.5, 0.6) is 0 Å². The summed E-state index contributed by atoms with van der Waals surface area (Å²) in [4.78, 5) is 30.7. The zero-order valence-electron chi connectivity index (χ0n) is 16.6. The van der Waals surface area contributed by atoms with Gasteiger partial charge in [0.05, 0.1) is 0 Å². The third-order valence-corrected chi connectivity index (χ3v) is 4.84. The number of aryl methyl sites for hydroxylation is 1. The third-order valence-electron chi connectivity index (χ3n) is 4.84. The number of amides is 2. The Kier molecular flexibility index (Phi) is 6.30. The molecule has 1 saturated heterocycles. The maximum Gasteiger partial charge on any atom is 0.276 e. The van der Waals surface area contributed by atoms with Gasteiger partial charge in [-0.3, -0.25) is 14.5 Å². The first-order chi connectivity index (χ1) is 13.4. The lowest BCUT2D eigenvalue weighted by atomic mass is 10.2. The first-order valence-corrected chi connectivity index (χ1v) is 9.44. The molecule has 0 spiro atoms. The fourth-order valence-corrected chi connectivity index (χ4v) is 3.16. The molecule has 2 heterocycles. The van der Waals surface area contributed by atoms with E-state index in [9.17, 15) is 9.59 Å². The van der Waals surface area contributed by atoms with Gasteiger partial charge in [0, 0.05) is 70.7 Å². The Bertz CT molecular complexity index is 825. The number of nitrogens with zero attached hydrogens (tertiary/aromatic N) is 4. The summed E-state index contributed by atoms with van der Waals surface area (Å²) in [6.45, 7) is 5.93. The predicted molar refractivity (Wildman–Crippen MR) is 107 cm³/mol. The smallest absolute Gasteiger partial charge is 0.276 e. The fraction of sp³-hybridized carbons (Fsp3) is 0.450. The van der Waals surface area contributed by atoms with E-state index in [-0.39, 0.29) is 11.8 Å². The molecule has 0 aliphatic carbocycles. The van der Waals surface area contributed by atoms with Crippen LogP contribution in [0.1, 0.15) is 26.6 Å². The number of carbonyl (C=O) groups is 2. The quantitative estimate of drug-likeness (QED) is 0.806. The molecule has 0 bridgehead atoms. The summed E-state index contributed by atoms with van der Waals surface area (Å²) in [7, 11) is 3.90. The standard InChI is InChI=1S/C20H27N5O3/c1-15-13-18(22-28-15)20(27)25-11-9-24(10-12-25)8-7-21-19(26)16-5-4-6-17(14-16)23(2)3/h4-6,13-14H,7-12H2,1-3H3,(H,21,26). The highest BCUT2D eigenvalue weighted by Crippen LogP contribution is 2.13. The average molecular weight is 385 g/mol. The highest BCUT2D eigenvalue weighted by molar-refractivity contribution is 5.95. The van der Waals surface area contributed by atoms with Crippen molar-refractivity contribution in [2.24, 2.45) is 0 Å². The largest absolute Gasteiger partial charge is 0.378 e. The van der Waals surface area contributed by atoms with Gasteiger partial charge < -0.3 is 19.6 Å². The van der Waals surface area contributed by atoms with Crippen molar-refractivity contribution in [3.05, 3.63) is 47.3 Å². The van der Waals surface area contributed by atoms with Gasteiger partial charge in [0.25, 0.3) is 11.8 Å². The Labute approximate surface area is 165 Å². The van der Waals surface area contributed by atoms with Crippen molar-refractivity contribution < 1.29 is 14.1 Å². The highest BCUT2D eigenvalue weighted by atomic mass is 16.5. The first kappa shape index (κ1) is 19.9. The lowest BCUT2D eigenvalue weighted by molar-refractivity contribution is 0.0628.